The predicted octanol–water partition coefficient (Wildman–Crippen LogP) is 3.66. The second-order valence-corrected chi connectivity index (χ2v) is 7.47. The summed E-state index contributed by atoms with van der Waals surface area (Å²) in [7, 11) is 0. The normalized spacial score (nSPS) is 28.1. The lowest BCUT2D eigenvalue weighted by atomic mass is 9.91. The number of benzene rings is 1. The van der Waals surface area contributed by atoms with E-state index in [1.54, 1.807) is 30.3 Å². The van der Waals surface area contributed by atoms with E-state index in [1.807, 2.05) is 12.1 Å². The van der Waals surface area contributed by atoms with Crippen LogP contribution in [0.1, 0.15) is 55.8 Å². The molecule has 5 nitrogen and oxygen atoms in total. The molecule has 1 heterocycles. The van der Waals surface area contributed by atoms with E-state index >= 15 is 0 Å². The van der Waals surface area contributed by atoms with Crippen molar-refractivity contribution in [3.63, 3.8) is 0 Å². The van der Waals surface area contributed by atoms with Crippen molar-refractivity contribution in [2.45, 2.75) is 63.8 Å². The number of hydrogen-bond acceptors (Lipinski definition) is 5. The molecule has 1 aromatic carbocycles. The Kier molecular flexibility index (Phi) is 6.67. The van der Waals surface area contributed by atoms with E-state index in [0.29, 0.717) is 18.4 Å². The van der Waals surface area contributed by atoms with E-state index in [-0.39, 0.29) is 36.0 Å². The molecule has 0 aromatic heterocycles. The number of fused-ring (bicyclic) bond motifs is 1. The summed E-state index contributed by atoms with van der Waals surface area (Å²) in [6.07, 6.45) is 7.39. The van der Waals surface area contributed by atoms with Gasteiger partial charge in [-0.15, -0.1) is 0 Å². The van der Waals surface area contributed by atoms with Crippen LogP contribution in [-0.4, -0.2) is 35.4 Å². The maximum atomic E-state index is 12.4. The fourth-order valence-corrected chi connectivity index (χ4v) is 4.03. The summed E-state index contributed by atoms with van der Waals surface area (Å²) in [4.78, 5) is 24.1. The Bertz CT molecular complexity index is 669. The number of unbranched alkanes of at least 4 members (excludes halogenated alkanes) is 2. The van der Waals surface area contributed by atoms with Crippen LogP contribution in [0, 0.1) is 11.8 Å². The monoisotopic (exact) mass is 372 g/mol. The van der Waals surface area contributed by atoms with Crippen molar-refractivity contribution >= 4 is 11.9 Å². The van der Waals surface area contributed by atoms with Crippen molar-refractivity contribution in [3.8, 4) is 0 Å². The number of carbonyl (C=O) groups is 2. The Hall–Kier alpha value is -2.14. The molecular formula is C22H28O5. The molecule has 0 spiro atoms. The summed E-state index contributed by atoms with van der Waals surface area (Å²) in [5.41, 5.74) is 0.508. The van der Waals surface area contributed by atoms with Crippen molar-refractivity contribution in [2.75, 3.05) is 0 Å². The Morgan fingerprint density at radius 2 is 2.11 bits per heavy atom. The summed E-state index contributed by atoms with van der Waals surface area (Å²) in [6.45, 7) is 2.13. The van der Waals surface area contributed by atoms with Gasteiger partial charge < -0.3 is 14.6 Å². The number of aliphatic hydroxyl groups is 1. The van der Waals surface area contributed by atoms with Crippen LogP contribution in [0.3, 0.4) is 0 Å². The van der Waals surface area contributed by atoms with Crippen molar-refractivity contribution < 1.29 is 24.2 Å². The zero-order chi connectivity index (χ0) is 19.2. The number of rotatable bonds is 8. The lowest BCUT2D eigenvalue weighted by molar-refractivity contribution is -0.141. The number of ether oxygens (including phenoxy) is 2. The van der Waals surface area contributed by atoms with Crippen LogP contribution in [0.4, 0.5) is 0 Å². The van der Waals surface area contributed by atoms with E-state index in [4.69, 9.17) is 9.47 Å². The summed E-state index contributed by atoms with van der Waals surface area (Å²) in [5.74, 6) is -0.673. The summed E-state index contributed by atoms with van der Waals surface area (Å²) in [5, 5.41) is 10.2. The first kappa shape index (κ1) is 19.6. The molecule has 5 atom stereocenters. The molecule has 0 amide bonds. The van der Waals surface area contributed by atoms with Gasteiger partial charge in [-0.05, 0) is 18.6 Å². The topological polar surface area (TPSA) is 72.8 Å². The highest BCUT2D eigenvalue weighted by Crippen LogP contribution is 2.43. The summed E-state index contributed by atoms with van der Waals surface area (Å²) in [6, 6.07) is 8.89. The van der Waals surface area contributed by atoms with Crippen LogP contribution in [-0.2, 0) is 14.3 Å². The second-order valence-electron chi connectivity index (χ2n) is 7.47. The Labute approximate surface area is 160 Å². The van der Waals surface area contributed by atoms with Crippen molar-refractivity contribution in [2.24, 2.45) is 11.8 Å². The minimum absolute atomic E-state index is 0.00478. The highest BCUT2D eigenvalue weighted by atomic mass is 16.6. The first-order valence-corrected chi connectivity index (χ1v) is 9.90. The van der Waals surface area contributed by atoms with Gasteiger partial charge >= 0.3 is 11.9 Å². The number of carbonyl (C=O) groups excluding carboxylic acids is 2. The molecule has 146 valence electrons. The zero-order valence-electron chi connectivity index (χ0n) is 15.8. The van der Waals surface area contributed by atoms with Crippen LogP contribution in [0.2, 0.25) is 0 Å². The van der Waals surface area contributed by atoms with Gasteiger partial charge in [0.2, 0.25) is 0 Å². The highest BCUT2D eigenvalue weighted by molar-refractivity contribution is 5.89. The number of aliphatic hydroxyl groups excluding tert-OH is 1. The van der Waals surface area contributed by atoms with E-state index in [1.165, 1.54) is 0 Å². The molecule has 27 heavy (non-hydrogen) atoms. The van der Waals surface area contributed by atoms with Crippen molar-refractivity contribution in [1.82, 2.24) is 0 Å². The average Bonchev–Trinajstić information content (AvgIpc) is 3.16. The van der Waals surface area contributed by atoms with Gasteiger partial charge in [0, 0.05) is 18.3 Å². The van der Waals surface area contributed by atoms with Crippen molar-refractivity contribution in [3.05, 3.63) is 48.0 Å². The molecular weight excluding hydrogens is 344 g/mol. The van der Waals surface area contributed by atoms with Gasteiger partial charge in [-0.1, -0.05) is 56.5 Å². The average molecular weight is 372 g/mol. The molecule has 1 aromatic rings. The standard InChI is InChI=1S/C22H28O5/c1-2-3-5-10-16(23)11-12-17-18-13-21(24)26-20(18)14-19(17)27-22(25)15-8-6-4-7-9-15/h4,6-9,11-12,16-20,23H,2-3,5,10,13-14H2,1H3. The third-order valence-electron chi connectivity index (χ3n) is 5.48. The largest absolute Gasteiger partial charge is 0.462 e. The van der Waals surface area contributed by atoms with Gasteiger partial charge in [-0.25, -0.2) is 4.79 Å². The van der Waals surface area contributed by atoms with Gasteiger partial charge in [0.25, 0.3) is 0 Å². The summed E-state index contributed by atoms with van der Waals surface area (Å²) < 4.78 is 11.1. The maximum absolute atomic E-state index is 12.4. The number of esters is 2. The molecule has 5 unspecified atom stereocenters. The van der Waals surface area contributed by atoms with Gasteiger partial charge in [0.15, 0.2) is 0 Å². The fourth-order valence-electron chi connectivity index (χ4n) is 4.03. The quantitative estimate of drug-likeness (QED) is 0.428. The van der Waals surface area contributed by atoms with E-state index in [9.17, 15) is 14.7 Å². The van der Waals surface area contributed by atoms with Gasteiger partial charge in [-0.2, -0.15) is 0 Å². The minimum atomic E-state index is -0.515. The third kappa shape index (κ3) is 4.98. The molecule has 1 saturated carbocycles. The van der Waals surface area contributed by atoms with Crippen molar-refractivity contribution in [1.29, 1.82) is 0 Å². The SMILES string of the molecule is CCCCCC(O)C=CC1C(OC(=O)c2ccccc2)CC2OC(=O)CC21. The van der Waals surface area contributed by atoms with Crippen LogP contribution in [0.25, 0.3) is 0 Å². The molecule has 1 N–H and O–H groups in total. The van der Waals surface area contributed by atoms with Gasteiger partial charge in [0.1, 0.15) is 12.2 Å². The molecule has 0 bridgehead atoms. The van der Waals surface area contributed by atoms with Crippen LogP contribution >= 0.6 is 0 Å². The fraction of sp³-hybridized carbons (Fsp3) is 0.545. The molecule has 2 fully saturated rings. The predicted molar refractivity (Wildman–Crippen MR) is 101 cm³/mol. The lowest BCUT2D eigenvalue weighted by Gasteiger charge is -2.20. The van der Waals surface area contributed by atoms with Gasteiger partial charge in [-0.3, -0.25) is 4.79 Å². The molecule has 2 aliphatic rings. The van der Waals surface area contributed by atoms with E-state index in [2.05, 4.69) is 6.92 Å². The lowest BCUT2D eigenvalue weighted by Crippen LogP contribution is -2.25. The minimum Gasteiger partial charge on any atom is -0.462 e. The van der Waals surface area contributed by atoms with Crippen LogP contribution in [0.5, 0.6) is 0 Å². The Morgan fingerprint density at radius 3 is 2.85 bits per heavy atom. The first-order valence-electron chi connectivity index (χ1n) is 9.90. The Morgan fingerprint density at radius 1 is 1.33 bits per heavy atom. The second kappa shape index (κ2) is 9.18. The van der Waals surface area contributed by atoms with Crippen LogP contribution in [0.15, 0.2) is 42.5 Å². The molecule has 1 aliphatic carbocycles. The van der Waals surface area contributed by atoms with E-state index < -0.39 is 6.10 Å². The maximum Gasteiger partial charge on any atom is 0.338 e. The smallest absolute Gasteiger partial charge is 0.338 e. The van der Waals surface area contributed by atoms with Crippen LogP contribution < -0.4 is 0 Å². The summed E-state index contributed by atoms with van der Waals surface area (Å²) >= 11 is 0. The first-order chi connectivity index (χ1) is 13.1. The molecule has 1 saturated heterocycles. The number of hydrogen-bond donors (Lipinski definition) is 1. The van der Waals surface area contributed by atoms with E-state index in [0.717, 1.165) is 25.7 Å². The molecule has 5 heteroatoms. The van der Waals surface area contributed by atoms with Gasteiger partial charge in [0.05, 0.1) is 18.1 Å². The highest BCUT2D eigenvalue weighted by Gasteiger charge is 2.50. The Balaban J connectivity index is 1.66. The third-order valence-corrected chi connectivity index (χ3v) is 5.48. The molecule has 1 aliphatic heterocycles. The zero-order valence-corrected chi connectivity index (χ0v) is 15.8. The molecule has 3 rings (SSSR count). The molecule has 0 radical (unpaired) electrons.